The fourth-order valence-corrected chi connectivity index (χ4v) is 2.82. The summed E-state index contributed by atoms with van der Waals surface area (Å²) in [6.07, 6.45) is 2.96. The largest absolute Gasteiger partial charge is 0.463 e. The minimum atomic E-state index is -0.478. The summed E-state index contributed by atoms with van der Waals surface area (Å²) in [5.74, 6) is 0.147. The van der Waals surface area contributed by atoms with Gasteiger partial charge in [0.05, 0.1) is 28.5 Å². The molecule has 0 atom stereocenters. The molecule has 0 spiro atoms. The van der Waals surface area contributed by atoms with E-state index >= 15 is 0 Å². The summed E-state index contributed by atoms with van der Waals surface area (Å²) in [5.41, 5.74) is 4.69. The predicted octanol–water partition coefficient (Wildman–Crippen LogP) is 4.17. The number of fused-ring (bicyclic) bond motifs is 1. The van der Waals surface area contributed by atoms with Crippen LogP contribution in [0, 0.1) is 10.1 Å². The van der Waals surface area contributed by atoms with Gasteiger partial charge in [-0.1, -0.05) is 18.2 Å². The Balaban J connectivity index is 1.60. The van der Waals surface area contributed by atoms with Crippen molar-refractivity contribution in [3.63, 3.8) is 0 Å². The van der Waals surface area contributed by atoms with Gasteiger partial charge in [-0.25, -0.2) is 10.4 Å². The van der Waals surface area contributed by atoms with Gasteiger partial charge in [0.25, 0.3) is 11.6 Å². The molecule has 1 amide bonds. The molecule has 0 saturated carbocycles. The van der Waals surface area contributed by atoms with Crippen molar-refractivity contribution in [3.8, 4) is 11.5 Å². The molecule has 2 aromatic carbocycles. The Morgan fingerprint density at radius 3 is 2.62 bits per heavy atom. The lowest BCUT2D eigenvalue weighted by Crippen LogP contribution is -2.18. The number of nitro benzene ring substituents is 1. The molecule has 4 rings (SSSR count). The molecule has 2 aromatic heterocycles. The maximum absolute atomic E-state index is 12.7. The van der Waals surface area contributed by atoms with E-state index in [1.54, 1.807) is 36.6 Å². The number of benzene rings is 2. The highest BCUT2D eigenvalue weighted by molar-refractivity contribution is 6.07. The van der Waals surface area contributed by atoms with Crippen molar-refractivity contribution in [1.29, 1.82) is 0 Å². The number of pyridine rings is 1. The molecule has 4 aromatic rings. The van der Waals surface area contributed by atoms with Crippen LogP contribution in [0.25, 0.3) is 22.4 Å². The molecule has 0 aliphatic rings. The van der Waals surface area contributed by atoms with Gasteiger partial charge in [0.1, 0.15) is 5.69 Å². The molecule has 2 heterocycles. The number of nitrogens with one attached hydrogen (secondary N) is 1. The van der Waals surface area contributed by atoms with E-state index in [2.05, 4.69) is 15.5 Å². The van der Waals surface area contributed by atoms with Gasteiger partial charge in [0, 0.05) is 17.5 Å². The SMILES string of the molecule is O=C(NN=Cc1ccc([N+](=O)[O-])cc1)c1cc(-c2ccco2)nc2ccccc12. The first-order valence-corrected chi connectivity index (χ1v) is 8.63. The minimum Gasteiger partial charge on any atom is -0.463 e. The number of hydrogen-bond acceptors (Lipinski definition) is 6. The number of furan rings is 1. The lowest BCUT2D eigenvalue weighted by atomic mass is 10.1. The van der Waals surface area contributed by atoms with Crippen LogP contribution < -0.4 is 5.43 Å². The summed E-state index contributed by atoms with van der Waals surface area (Å²) in [6, 6.07) is 18.3. The molecule has 0 aliphatic heterocycles. The third-order valence-corrected chi connectivity index (χ3v) is 4.22. The number of aromatic nitrogens is 1. The average Bonchev–Trinajstić information content (AvgIpc) is 3.28. The molecule has 1 N–H and O–H groups in total. The number of nitro groups is 1. The molecule has 0 bridgehead atoms. The van der Waals surface area contributed by atoms with E-state index in [1.807, 2.05) is 24.3 Å². The van der Waals surface area contributed by atoms with Gasteiger partial charge in [0.2, 0.25) is 0 Å². The van der Waals surface area contributed by atoms with Crippen molar-refractivity contribution >= 4 is 28.7 Å². The lowest BCUT2D eigenvalue weighted by molar-refractivity contribution is -0.384. The molecular formula is C21H14N4O4. The van der Waals surface area contributed by atoms with E-state index in [1.165, 1.54) is 18.3 Å². The van der Waals surface area contributed by atoms with E-state index in [-0.39, 0.29) is 5.69 Å². The van der Waals surface area contributed by atoms with Crippen LogP contribution in [0.5, 0.6) is 0 Å². The van der Waals surface area contributed by atoms with Gasteiger partial charge < -0.3 is 4.42 Å². The summed E-state index contributed by atoms with van der Waals surface area (Å²) in [4.78, 5) is 27.5. The number of hydrazone groups is 1. The highest BCUT2D eigenvalue weighted by Crippen LogP contribution is 2.25. The maximum Gasteiger partial charge on any atom is 0.272 e. The van der Waals surface area contributed by atoms with Gasteiger partial charge in [-0.3, -0.25) is 14.9 Å². The van der Waals surface area contributed by atoms with Crippen LogP contribution in [0.15, 0.2) is 82.5 Å². The highest BCUT2D eigenvalue weighted by Gasteiger charge is 2.14. The van der Waals surface area contributed by atoms with Crippen LogP contribution in [-0.4, -0.2) is 22.0 Å². The first-order valence-electron chi connectivity index (χ1n) is 8.63. The minimum absolute atomic E-state index is 0.0140. The monoisotopic (exact) mass is 386 g/mol. The Morgan fingerprint density at radius 2 is 1.90 bits per heavy atom. The summed E-state index contributed by atoms with van der Waals surface area (Å²) in [5, 5.41) is 15.3. The smallest absolute Gasteiger partial charge is 0.272 e. The Kier molecular flexibility index (Phi) is 4.81. The van der Waals surface area contributed by atoms with Crippen molar-refractivity contribution in [2.24, 2.45) is 5.10 Å². The summed E-state index contributed by atoms with van der Waals surface area (Å²) in [6.45, 7) is 0. The molecular weight excluding hydrogens is 372 g/mol. The Bertz CT molecular complexity index is 1220. The van der Waals surface area contributed by atoms with Crippen LogP contribution in [0.4, 0.5) is 5.69 Å². The maximum atomic E-state index is 12.7. The molecule has 0 aliphatic carbocycles. The number of nitrogens with zero attached hydrogens (tertiary/aromatic N) is 3. The highest BCUT2D eigenvalue weighted by atomic mass is 16.6. The standard InChI is InChI=1S/C21H14N4O4/c26-21(24-22-13-14-7-9-15(10-8-14)25(27)28)17-12-19(20-6-3-11-29-20)23-18-5-2-1-4-16(17)18/h1-13H,(H,24,26). The van der Waals surface area contributed by atoms with Crippen molar-refractivity contribution < 1.29 is 14.1 Å². The van der Waals surface area contributed by atoms with E-state index < -0.39 is 10.8 Å². The van der Waals surface area contributed by atoms with Gasteiger partial charge in [-0.2, -0.15) is 5.10 Å². The zero-order valence-corrected chi connectivity index (χ0v) is 15.0. The van der Waals surface area contributed by atoms with Gasteiger partial charge in [0.15, 0.2) is 5.76 Å². The molecule has 0 unspecified atom stereocenters. The Morgan fingerprint density at radius 1 is 1.10 bits per heavy atom. The Labute approximate surface area is 164 Å². The first-order chi connectivity index (χ1) is 14.1. The van der Waals surface area contributed by atoms with Crippen LogP contribution in [0.1, 0.15) is 15.9 Å². The number of carbonyl (C=O) groups excluding carboxylic acids is 1. The molecule has 0 saturated heterocycles. The lowest BCUT2D eigenvalue weighted by Gasteiger charge is -2.07. The van der Waals surface area contributed by atoms with Gasteiger partial charge >= 0.3 is 0 Å². The number of para-hydroxylation sites is 1. The number of hydrogen-bond donors (Lipinski definition) is 1. The third kappa shape index (κ3) is 3.86. The molecule has 8 nitrogen and oxygen atoms in total. The molecule has 0 fully saturated rings. The first kappa shape index (κ1) is 18.1. The molecule has 29 heavy (non-hydrogen) atoms. The second kappa shape index (κ2) is 7.73. The van der Waals surface area contributed by atoms with E-state index in [0.717, 1.165) is 0 Å². The zero-order valence-electron chi connectivity index (χ0n) is 15.0. The van der Waals surface area contributed by atoms with Gasteiger partial charge in [-0.15, -0.1) is 0 Å². The van der Waals surface area contributed by atoms with Gasteiger partial charge in [-0.05, 0) is 42.0 Å². The molecule has 0 radical (unpaired) electrons. The van der Waals surface area contributed by atoms with E-state index in [4.69, 9.17) is 4.42 Å². The molecule has 142 valence electrons. The topological polar surface area (TPSA) is 111 Å². The van der Waals surface area contributed by atoms with Crippen LogP contribution in [0.2, 0.25) is 0 Å². The second-order valence-electron chi connectivity index (χ2n) is 6.10. The summed E-state index contributed by atoms with van der Waals surface area (Å²) < 4.78 is 5.40. The quantitative estimate of drug-likeness (QED) is 0.314. The van der Waals surface area contributed by atoms with Crippen LogP contribution in [0.3, 0.4) is 0 Å². The molecule has 8 heteroatoms. The van der Waals surface area contributed by atoms with E-state index in [9.17, 15) is 14.9 Å². The van der Waals surface area contributed by atoms with Crippen molar-refractivity contribution in [3.05, 3.63) is 94.2 Å². The summed E-state index contributed by atoms with van der Waals surface area (Å²) in [7, 11) is 0. The van der Waals surface area contributed by atoms with Crippen molar-refractivity contribution in [2.45, 2.75) is 0 Å². The normalized spacial score (nSPS) is 11.0. The average molecular weight is 386 g/mol. The second-order valence-corrected chi connectivity index (χ2v) is 6.10. The fourth-order valence-electron chi connectivity index (χ4n) is 2.82. The third-order valence-electron chi connectivity index (χ3n) is 4.22. The van der Waals surface area contributed by atoms with Crippen LogP contribution in [-0.2, 0) is 0 Å². The number of non-ortho nitro benzene ring substituents is 1. The Hall–Kier alpha value is -4.33. The summed E-state index contributed by atoms with van der Waals surface area (Å²) >= 11 is 0. The number of carbonyl (C=O) groups is 1. The number of amides is 1. The predicted molar refractivity (Wildman–Crippen MR) is 108 cm³/mol. The van der Waals surface area contributed by atoms with E-state index in [0.29, 0.717) is 33.5 Å². The van der Waals surface area contributed by atoms with Crippen LogP contribution >= 0.6 is 0 Å². The van der Waals surface area contributed by atoms with Crippen molar-refractivity contribution in [1.82, 2.24) is 10.4 Å². The number of rotatable bonds is 5. The fraction of sp³-hybridized carbons (Fsp3) is 0. The van der Waals surface area contributed by atoms with Crippen molar-refractivity contribution in [2.75, 3.05) is 0 Å². The zero-order chi connectivity index (χ0) is 20.2.